The van der Waals surface area contributed by atoms with Crippen LogP contribution in [0.1, 0.15) is 12.0 Å². The van der Waals surface area contributed by atoms with E-state index in [1.54, 1.807) is 11.3 Å². The number of hydrogen-bond acceptors (Lipinski definition) is 3. The van der Waals surface area contributed by atoms with Crippen molar-refractivity contribution in [2.24, 2.45) is 5.73 Å². The second-order valence-corrected chi connectivity index (χ2v) is 5.25. The molecule has 0 atom stereocenters. The van der Waals surface area contributed by atoms with Crippen molar-refractivity contribution in [3.63, 3.8) is 0 Å². The maximum absolute atomic E-state index is 5.54. The van der Waals surface area contributed by atoms with E-state index in [2.05, 4.69) is 39.6 Å². The fourth-order valence-corrected chi connectivity index (χ4v) is 2.72. The lowest BCUT2D eigenvalue weighted by molar-refractivity contribution is 0.833. The maximum Gasteiger partial charge on any atom is 0.148 e. The van der Waals surface area contributed by atoms with E-state index in [1.807, 2.05) is 6.07 Å². The number of aromatic amines is 1. The highest BCUT2D eigenvalue weighted by atomic mass is 32.1. The molecule has 0 aliphatic rings. The summed E-state index contributed by atoms with van der Waals surface area (Å²) < 4.78 is 0. The van der Waals surface area contributed by atoms with Crippen LogP contribution in [0.3, 0.4) is 0 Å². The molecule has 0 unspecified atom stereocenters. The number of imidazole rings is 1. The van der Waals surface area contributed by atoms with Gasteiger partial charge in [0, 0.05) is 0 Å². The molecule has 2 heterocycles. The molecule has 0 radical (unpaired) electrons. The number of nitrogens with zero attached hydrogens (tertiary/aromatic N) is 1. The van der Waals surface area contributed by atoms with E-state index >= 15 is 0 Å². The Morgan fingerprint density at radius 2 is 2.22 bits per heavy atom. The molecule has 18 heavy (non-hydrogen) atoms. The summed E-state index contributed by atoms with van der Waals surface area (Å²) >= 11 is 1.70. The molecule has 0 amide bonds. The Morgan fingerprint density at radius 3 is 3.00 bits per heavy atom. The number of H-pyrrole nitrogens is 1. The van der Waals surface area contributed by atoms with Crippen molar-refractivity contribution in [2.45, 2.75) is 12.8 Å². The zero-order valence-corrected chi connectivity index (χ0v) is 10.8. The van der Waals surface area contributed by atoms with Crippen LogP contribution in [-0.2, 0) is 6.42 Å². The lowest BCUT2D eigenvalue weighted by Crippen LogP contribution is -2.00. The second kappa shape index (κ2) is 4.92. The minimum atomic E-state index is 0.738. The van der Waals surface area contributed by atoms with Crippen LogP contribution in [0.15, 0.2) is 35.7 Å². The third-order valence-electron chi connectivity index (χ3n) is 2.97. The number of benzene rings is 1. The van der Waals surface area contributed by atoms with E-state index in [-0.39, 0.29) is 0 Å². The Labute approximate surface area is 110 Å². The van der Waals surface area contributed by atoms with Gasteiger partial charge < -0.3 is 10.7 Å². The van der Waals surface area contributed by atoms with Gasteiger partial charge in [0.2, 0.25) is 0 Å². The highest BCUT2D eigenvalue weighted by Gasteiger charge is 2.06. The van der Waals surface area contributed by atoms with Crippen molar-refractivity contribution >= 4 is 22.4 Å². The molecule has 0 saturated heterocycles. The van der Waals surface area contributed by atoms with Crippen molar-refractivity contribution < 1.29 is 0 Å². The van der Waals surface area contributed by atoms with Gasteiger partial charge in [-0.3, -0.25) is 0 Å². The van der Waals surface area contributed by atoms with E-state index in [0.717, 1.165) is 36.2 Å². The number of nitrogens with two attached hydrogens (primary N) is 1. The monoisotopic (exact) mass is 257 g/mol. The number of aryl methyl sites for hydroxylation is 1. The van der Waals surface area contributed by atoms with Crippen molar-refractivity contribution in [3.05, 3.63) is 41.3 Å². The van der Waals surface area contributed by atoms with E-state index in [1.165, 1.54) is 10.4 Å². The summed E-state index contributed by atoms with van der Waals surface area (Å²) in [5.41, 5.74) is 8.98. The summed E-state index contributed by atoms with van der Waals surface area (Å²) in [6.07, 6.45) is 2.05. The summed E-state index contributed by atoms with van der Waals surface area (Å²) in [7, 11) is 0. The van der Waals surface area contributed by atoms with Gasteiger partial charge in [0.1, 0.15) is 5.82 Å². The first-order chi connectivity index (χ1) is 8.86. The molecule has 2 aromatic heterocycles. The van der Waals surface area contributed by atoms with Crippen LogP contribution < -0.4 is 5.73 Å². The minimum absolute atomic E-state index is 0.738. The number of nitrogens with one attached hydrogen (secondary N) is 1. The molecule has 0 fully saturated rings. The normalized spacial score (nSPS) is 11.2. The molecule has 4 heteroatoms. The Hall–Kier alpha value is -1.65. The zero-order valence-electron chi connectivity index (χ0n) is 10.0. The number of hydrogen-bond donors (Lipinski definition) is 2. The molecule has 92 valence electrons. The van der Waals surface area contributed by atoms with E-state index in [4.69, 9.17) is 5.73 Å². The molecule has 0 aliphatic carbocycles. The van der Waals surface area contributed by atoms with Crippen LogP contribution in [-0.4, -0.2) is 16.5 Å². The summed E-state index contributed by atoms with van der Waals surface area (Å²) in [5.74, 6) is 0.955. The number of thiophene rings is 1. The quantitative estimate of drug-likeness (QED) is 0.754. The van der Waals surface area contributed by atoms with Crippen LogP contribution in [0.5, 0.6) is 0 Å². The predicted molar refractivity (Wildman–Crippen MR) is 76.8 cm³/mol. The van der Waals surface area contributed by atoms with Crippen LogP contribution >= 0.6 is 11.3 Å². The molecule has 0 aliphatic heterocycles. The average Bonchev–Trinajstić information content (AvgIpc) is 3.03. The van der Waals surface area contributed by atoms with Gasteiger partial charge in [-0.15, -0.1) is 11.3 Å². The second-order valence-electron chi connectivity index (χ2n) is 4.31. The van der Waals surface area contributed by atoms with Gasteiger partial charge in [0.05, 0.1) is 15.9 Å². The molecule has 3 aromatic rings. The number of rotatable bonds is 4. The third-order valence-corrected chi connectivity index (χ3v) is 3.85. The van der Waals surface area contributed by atoms with E-state index < -0.39 is 0 Å². The molecule has 0 spiro atoms. The van der Waals surface area contributed by atoms with Crippen molar-refractivity contribution in [1.29, 1.82) is 0 Å². The van der Waals surface area contributed by atoms with Gasteiger partial charge in [-0.05, 0) is 48.5 Å². The fraction of sp³-hybridized carbons (Fsp3) is 0.214. The predicted octanol–water partition coefficient (Wildman–Crippen LogP) is 3.18. The highest BCUT2D eigenvalue weighted by Crippen LogP contribution is 2.25. The number of aromatic nitrogens is 2. The molecule has 0 saturated carbocycles. The van der Waals surface area contributed by atoms with Gasteiger partial charge in [0.25, 0.3) is 0 Å². The topological polar surface area (TPSA) is 54.7 Å². The third kappa shape index (κ3) is 2.17. The smallest absolute Gasteiger partial charge is 0.148 e. The van der Waals surface area contributed by atoms with Gasteiger partial charge in [-0.25, -0.2) is 4.98 Å². The van der Waals surface area contributed by atoms with Crippen molar-refractivity contribution in [3.8, 4) is 10.7 Å². The molecule has 3 N–H and O–H groups in total. The standard InChI is InChI=1S/C14H15N3S/c15-7-1-3-10-5-6-11-12(9-10)17-14(16-11)13-4-2-8-18-13/h2,4-6,8-9H,1,3,7,15H2,(H,16,17). The SMILES string of the molecule is NCCCc1ccc2nc(-c3cccs3)[nH]c2c1. The van der Waals surface area contributed by atoms with Gasteiger partial charge in [-0.2, -0.15) is 0 Å². The summed E-state index contributed by atoms with van der Waals surface area (Å²) in [6, 6.07) is 10.5. The molecule has 1 aromatic carbocycles. The summed E-state index contributed by atoms with van der Waals surface area (Å²) in [4.78, 5) is 9.17. The maximum atomic E-state index is 5.54. The first-order valence-corrected chi connectivity index (χ1v) is 6.97. The molecular weight excluding hydrogens is 242 g/mol. The minimum Gasteiger partial charge on any atom is -0.337 e. The molecular formula is C14H15N3S. The molecule has 3 nitrogen and oxygen atoms in total. The largest absolute Gasteiger partial charge is 0.337 e. The Bertz CT molecular complexity index is 640. The van der Waals surface area contributed by atoms with Crippen LogP contribution in [0.25, 0.3) is 21.7 Å². The number of fused-ring (bicyclic) bond motifs is 1. The Morgan fingerprint density at radius 1 is 1.28 bits per heavy atom. The van der Waals surface area contributed by atoms with Crippen molar-refractivity contribution in [1.82, 2.24) is 9.97 Å². The van der Waals surface area contributed by atoms with Crippen molar-refractivity contribution in [2.75, 3.05) is 6.54 Å². The lowest BCUT2D eigenvalue weighted by Gasteiger charge is -1.98. The molecule has 3 rings (SSSR count). The summed E-state index contributed by atoms with van der Waals surface area (Å²) in [5, 5.41) is 2.06. The Kier molecular flexibility index (Phi) is 3.13. The van der Waals surface area contributed by atoms with Crippen LogP contribution in [0, 0.1) is 0 Å². The van der Waals surface area contributed by atoms with E-state index in [0.29, 0.717) is 0 Å². The van der Waals surface area contributed by atoms with E-state index in [9.17, 15) is 0 Å². The Balaban J connectivity index is 1.97. The first kappa shape index (κ1) is 11.4. The van der Waals surface area contributed by atoms with Crippen LogP contribution in [0.4, 0.5) is 0 Å². The van der Waals surface area contributed by atoms with Gasteiger partial charge >= 0.3 is 0 Å². The highest BCUT2D eigenvalue weighted by molar-refractivity contribution is 7.13. The average molecular weight is 257 g/mol. The zero-order chi connectivity index (χ0) is 12.4. The van der Waals surface area contributed by atoms with Crippen LogP contribution in [0.2, 0.25) is 0 Å². The lowest BCUT2D eigenvalue weighted by atomic mass is 10.1. The van der Waals surface area contributed by atoms with Gasteiger partial charge in [-0.1, -0.05) is 12.1 Å². The van der Waals surface area contributed by atoms with Gasteiger partial charge in [0.15, 0.2) is 0 Å². The molecule has 0 bridgehead atoms. The summed E-state index contributed by atoms with van der Waals surface area (Å²) in [6.45, 7) is 0.738. The fourth-order valence-electron chi connectivity index (χ4n) is 2.05. The first-order valence-electron chi connectivity index (χ1n) is 6.09.